The van der Waals surface area contributed by atoms with E-state index >= 15 is 0 Å². The van der Waals surface area contributed by atoms with Crippen LogP contribution in [-0.4, -0.2) is 73.4 Å². The van der Waals surface area contributed by atoms with Crippen molar-refractivity contribution in [2.24, 2.45) is 0 Å². The van der Waals surface area contributed by atoms with Gasteiger partial charge in [0.25, 0.3) is 0 Å². The van der Waals surface area contributed by atoms with Crippen LogP contribution in [0.5, 0.6) is 0 Å². The van der Waals surface area contributed by atoms with Crippen LogP contribution in [0.2, 0.25) is 0 Å². The van der Waals surface area contributed by atoms with Crippen LogP contribution >= 0.6 is 7.82 Å². The SMILES string of the molecule is CCCCCCCCCCCCCCCCCCCCCCCCCCCCCC(O)C(COP(=O)(O)OCC[N+](C)(C)C)NC(=O)CCCCCCCCCCCCCCCCCCCCCCCCCC. The summed E-state index contributed by atoms with van der Waals surface area (Å²) in [4.78, 5) is 23.4. The van der Waals surface area contributed by atoms with Crippen molar-refractivity contribution < 1.29 is 32.9 Å². The number of carbonyl (C=O) groups excluding carboxylic acids is 1. The van der Waals surface area contributed by atoms with Crippen molar-refractivity contribution in [3.8, 4) is 0 Å². The lowest BCUT2D eigenvalue weighted by Gasteiger charge is -2.26. The molecule has 0 radical (unpaired) electrons. The van der Waals surface area contributed by atoms with Gasteiger partial charge in [0.05, 0.1) is 39.9 Å². The summed E-state index contributed by atoms with van der Waals surface area (Å²) < 4.78 is 23.9. The summed E-state index contributed by atoms with van der Waals surface area (Å²) in [5.74, 6) is -0.134. The molecule has 438 valence electrons. The van der Waals surface area contributed by atoms with Crippen LogP contribution in [0.25, 0.3) is 0 Å². The van der Waals surface area contributed by atoms with Crippen molar-refractivity contribution in [2.45, 2.75) is 366 Å². The standard InChI is InChI=1S/C64H131N2O6P/c1-6-8-10-12-14-16-18-20-22-24-26-28-30-32-33-34-35-37-39-41-43-45-47-49-51-53-55-57-63(67)62(61-72-73(69,70)71-60-59-66(3,4)5)65-64(68)58-56-54-52-50-48-46-44-42-40-38-36-31-29-27-25-23-21-19-17-15-13-11-9-7-2/h62-63,67H,6-61H2,1-5H3,(H-,65,68,69,70)/p+1. The Hall–Kier alpha value is -0.500. The quantitative estimate of drug-likeness (QED) is 0.0318. The Morgan fingerprint density at radius 3 is 0.918 bits per heavy atom. The normalized spacial score (nSPS) is 13.7. The molecule has 73 heavy (non-hydrogen) atoms. The van der Waals surface area contributed by atoms with E-state index in [0.29, 0.717) is 23.9 Å². The first-order valence-electron chi connectivity index (χ1n) is 32.9. The molecule has 3 atom stereocenters. The second-order valence-electron chi connectivity index (χ2n) is 24.2. The predicted molar refractivity (Wildman–Crippen MR) is 319 cm³/mol. The maximum atomic E-state index is 13.0. The van der Waals surface area contributed by atoms with Crippen LogP contribution in [0.4, 0.5) is 0 Å². The van der Waals surface area contributed by atoms with Gasteiger partial charge in [-0.1, -0.05) is 335 Å². The minimum Gasteiger partial charge on any atom is -0.391 e. The molecule has 0 saturated carbocycles. The lowest BCUT2D eigenvalue weighted by Crippen LogP contribution is -2.46. The first kappa shape index (κ1) is 72.5. The average molecular weight is 1060 g/mol. The molecule has 0 bridgehead atoms. The molecule has 0 rings (SSSR count). The van der Waals surface area contributed by atoms with E-state index in [-0.39, 0.29) is 19.1 Å². The number of nitrogens with zero attached hydrogens (tertiary/aromatic N) is 1. The highest BCUT2D eigenvalue weighted by atomic mass is 31.2. The molecule has 8 nitrogen and oxygen atoms in total. The van der Waals surface area contributed by atoms with E-state index < -0.39 is 20.0 Å². The highest BCUT2D eigenvalue weighted by Gasteiger charge is 2.28. The predicted octanol–water partition coefficient (Wildman–Crippen LogP) is 20.4. The highest BCUT2D eigenvalue weighted by Crippen LogP contribution is 2.43. The Morgan fingerprint density at radius 1 is 0.411 bits per heavy atom. The van der Waals surface area contributed by atoms with Gasteiger partial charge in [-0.15, -0.1) is 0 Å². The summed E-state index contributed by atoms with van der Waals surface area (Å²) in [6.07, 6.45) is 69.0. The molecule has 3 N–H and O–H groups in total. The van der Waals surface area contributed by atoms with Crippen LogP contribution in [0, 0.1) is 0 Å². The summed E-state index contributed by atoms with van der Waals surface area (Å²) in [6.45, 7) is 4.96. The van der Waals surface area contributed by atoms with E-state index in [4.69, 9.17) is 9.05 Å². The molecule has 0 aromatic carbocycles. The average Bonchev–Trinajstić information content (AvgIpc) is 3.35. The summed E-state index contributed by atoms with van der Waals surface area (Å²) in [7, 11) is 1.64. The van der Waals surface area contributed by atoms with Crippen molar-refractivity contribution >= 4 is 13.7 Å². The molecule has 0 fully saturated rings. The van der Waals surface area contributed by atoms with E-state index in [1.165, 1.54) is 289 Å². The molecule has 0 aliphatic carbocycles. The molecule has 0 saturated heterocycles. The van der Waals surface area contributed by atoms with Crippen molar-refractivity contribution in [3.63, 3.8) is 0 Å². The lowest BCUT2D eigenvalue weighted by molar-refractivity contribution is -0.870. The maximum absolute atomic E-state index is 13.0. The minimum absolute atomic E-state index is 0.0794. The Kier molecular flexibility index (Phi) is 55.8. The Labute approximate surface area is 457 Å². The van der Waals surface area contributed by atoms with E-state index in [1.807, 2.05) is 21.1 Å². The number of carbonyl (C=O) groups is 1. The Balaban J connectivity index is 4.03. The van der Waals surface area contributed by atoms with Crippen LogP contribution in [0.1, 0.15) is 354 Å². The first-order chi connectivity index (χ1) is 35.5. The largest absolute Gasteiger partial charge is 0.472 e. The van der Waals surface area contributed by atoms with Crippen molar-refractivity contribution in [3.05, 3.63) is 0 Å². The minimum atomic E-state index is -4.32. The number of aliphatic hydroxyl groups is 1. The number of phosphoric acid groups is 1. The Bertz CT molecular complexity index is 1150. The van der Waals surface area contributed by atoms with Gasteiger partial charge in [0.2, 0.25) is 5.91 Å². The first-order valence-corrected chi connectivity index (χ1v) is 34.4. The summed E-state index contributed by atoms with van der Waals surface area (Å²) in [5.41, 5.74) is 0. The van der Waals surface area contributed by atoms with Gasteiger partial charge in [-0.2, -0.15) is 0 Å². The van der Waals surface area contributed by atoms with Crippen LogP contribution in [-0.2, 0) is 18.4 Å². The zero-order valence-corrected chi connectivity index (χ0v) is 51.1. The number of nitrogens with one attached hydrogen (secondary N) is 1. The van der Waals surface area contributed by atoms with E-state index in [9.17, 15) is 19.4 Å². The highest BCUT2D eigenvalue weighted by molar-refractivity contribution is 7.47. The van der Waals surface area contributed by atoms with Gasteiger partial charge in [0.15, 0.2) is 0 Å². The van der Waals surface area contributed by atoms with Crippen LogP contribution in [0.15, 0.2) is 0 Å². The third-order valence-corrected chi connectivity index (χ3v) is 16.6. The second kappa shape index (κ2) is 56.2. The van der Waals surface area contributed by atoms with Gasteiger partial charge in [-0.05, 0) is 12.8 Å². The summed E-state index contributed by atoms with van der Waals surface area (Å²) >= 11 is 0. The number of rotatable bonds is 62. The lowest BCUT2D eigenvalue weighted by atomic mass is 10.0. The molecule has 0 heterocycles. The van der Waals surface area contributed by atoms with E-state index in [2.05, 4.69) is 19.2 Å². The molecule has 0 spiro atoms. The van der Waals surface area contributed by atoms with Crippen molar-refractivity contribution in [1.82, 2.24) is 5.32 Å². The molecule has 0 aliphatic rings. The van der Waals surface area contributed by atoms with Gasteiger partial charge in [0, 0.05) is 6.42 Å². The van der Waals surface area contributed by atoms with Gasteiger partial charge in [0.1, 0.15) is 13.2 Å². The number of quaternary nitrogens is 1. The molecule has 0 aliphatic heterocycles. The number of hydrogen-bond donors (Lipinski definition) is 3. The topological polar surface area (TPSA) is 105 Å². The van der Waals surface area contributed by atoms with Gasteiger partial charge < -0.3 is 19.8 Å². The third kappa shape index (κ3) is 59.0. The molecule has 0 aromatic rings. The van der Waals surface area contributed by atoms with E-state index in [0.717, 1.165) is 38.5 Å². The Morgan fingerprint density at radius 2 is 0.658 bits per heavy atom. The molecule has 9 heteroatoms. The zero-order chi connectivity index (χ0) is 53.5. The molecular weight excluding hydrogens is 924 g/mol. The molecular formula is C64H132N2O6P+. The van der Waals surface area contributed by atoms with Gasteiger partial charge in [-0.3, -0.25) is 13.8 Å². The summed E-state index contributed by atoms with van der Waals surface area (Å²) in [6, 6.07) is -0.756. The smallest absolute Gasteiger partial charge is 0.391 e. The fourth-order valence-corrected chi connectivity index (χ4v) is 11.2. The third-order valence-electron chi connectivity index (χ3n) is 15.6. The van der Waals surface area contributed by atoms with Gasteiger partial charge in [-0.25, -0.2) is 4.57 Å². The monoisotopic (exact) mass is 1060 g/mol. The molecule has 0 aromatic heterocycles. The van der Waals surface area contributed by atoms with Crippen LogP contribution < -0.4 is 5.32 Å². The summed E-state index contributed by atoms with van der Waals surface area (Å²) in [5, 5.41) is 14.1. The number of unbranched alkanes of at least 4 members (excludes halogenated alkanes) is 49. The number of hydrogen-bond acceptors (Lipinski definition) is 5. The van der Waals surface area contributed by atoms with Crippen molar-refractivity contribution in [2.75, 3.05) is 40.9 Å². The number of phosphoric ester groups is 1. The van der Waals surface area contributed by atoms with E-state index in [1.54, 1.807) is 0 Å². The second-order valence-corrected chi connectivity index (χ2v) is 25.7. The fourth-order valence-electron chi connectivity index (χ4n) is 10.5. The molecule has 3 unspecified atom stereocenters. The number of aliphatic hydroxyl groups excluding tert-OH is 1. The fraction of sp³-hybridized carbons (Fsp3) is 0.984. The number of likely N-dealkylation sites (N-methyl/N-ethyl adjacent to an activating group) is 1. The zero-order valence-electron chi connectivity index (χ0n) is 50.2. The van der Waals surface area contributed by atoms with Crippen molar-refractivity contribution in [1.29, 1.82) is 0 Å². The molecule has 1 amide bonds. The van der Waals surface area contributed by atoms with Crippen LogP contribution in [0.3, 0.4) is 0 Å². The number of amides is 1. The maximum Gasteiger partial charge on any atom is 0.472 e. The van der Waals surface area contributed by atoms with Gasteiger partial charge >= 0.3 is 7.82 Å².